The van der Waals surface area contributed by atoms with Gasteiger partial charge in [0.05, 0.1) is 6.54 Å². The van der Waals surface area contributed by atoms with Crippen LogP contribution in [-0.4, -0.2) is 21.4 Å². The van der Waals surface area contributed by atoms with Gasteiger partial charge in [-0.15, -0.1) is 0 Å². The Kier molecular flexibility index (Phi) is 4.65. The van der Waals surface area contributed by atoms with E-state index in [1.807, 2.05) is 73.0 Å². The summed E-state index contributed by atoms with van der Waals surface area (Å²) in [5.74, 6) is 0.0579. The van der Waals surface area contributed by atoms with Gasteiger partial charge in [0.2, 0.25) is 0 Å². The number of aryl methyl sites for hydroxylation is 1. The number of hydrogen-bond donors (Lipinski definition) is 0. The van der Waals surface area contributed by atoms with Crippen LogP contribution in [0.25, 0.3) is 0 Å². The third-order valence-electron chi connectivity index (χ3n) is 3.34. The van der Waals surface area contributed by atoms with Gasteiger partial charge in [-0.2, -0.15) is 0 Å². The first kappa shape index (κ1) is 14.9. The van der Waals surface area contributed by atoms with Gasteiger partial charge in [-0.05, 0) is 44.2 Å². The van der Waals surface area contributed by atoms with E-state index >= 15 is 0 Å². The first-order valence-corrected chi connectivity index (χ1v) is 7.45. The van der Waals surface area contributed by atoms with Crippen molar-refractivity contribution in [3.63, 3.8) is 0 Å². The summed E-state index contributed by atoms with van der Waals surface area (Å²) in [5, 5.41) is 0. The molecule has 0 fully saturated rings. The van der Waals surface area contributed by atoms with Crippen LogP contribution >= 0.6 is 15.9 Å². The van der Waals surface area contributed by atoms with Crippen LogP contribution in [0.4, 0.5) is 0 Å². The van der Waals surface area contributed by atoms with E-state index in [2.05, 4.69) is 15.9 Å². The van der Waals surface area contributed by atoms with E-state index in [9.17, 15) is 4.79 Å². The van der Waals surface area contributed by atoms with Crippen molar-refractivity contribution < 1.29 is 4.79 Å². The molecule has 4 heteroatoms. The number of halogens is 1. The molecule has 0 spiro atoms. The summed E-state index contributed by atoms with van der Waals surface area (Å²) in [6.45, 7) is 4.70. The second-order valence-electron chi connectivity index (χ2n) is 5.15. The van der Waals surface area contributed by atoms with Crippen LogP contribution in [0.15, 0.2) is 47.1 Å². The Morgan fingerprint density at radius 2 is 2.05 bits per heavy atom. The lowest BCUT2D eigenvalue weighted by Crippen LogP contribution is -2.36. The minimum atomic E-state index is 0.0579. The van der Waals surface area contributed by atoms with Crippen molar-refractivity contribution in [2.75, 3.05) is 0 Å². The molecule has 0 aliphatic rings. The second-order valence-corrected chi connectivity index (χ2v) is 6.06. The van der Waals surface area contributed by atoms with Crippen LogP contribution in [0.2, 0.25) is 0 Å². The molecule has 0 N–H and O–H groups in total. The fraction of sp³-hybridized carbons (Fsp3) is 0.312. The molecule has 0 unspecified atom stereocenters. The molecule has 2 aromatic rings. The molecule has 20 heavy (non-hydrogen) atoms. The summed E-state index contributed by atoms with van der Waals surface area (Å²) in [6.07, 6.45) is 2.00. The molecule has 2 rings (SSSR count). The third kappa shape index (κ3) is 3.31. The number of carbonyl (C=O) groups is 1. The highest BCUT2D eigenvalue weighted by atomic mass is 79.9. The van der Waals surface area contributed by atoms with Crippen LogP contribution in [0.5, 0.6) is 0 Å². The first-order valence-electron chi connectivity index (χ1n) is 6.66. The van der Waals surface area contributed by atoms with Gasteiger partial charge in [-0.1, -0.05) is 22.0 Å². The van der Waals surface area contributed by atoms with Crippen LogP contribution in [-0.2, 0) is 13.6 Å². The van der Waals surface area contributed by atoms with Gasteiger partial charge in [0.25, 0.3) is 5.91 Å². The molecule has 1 aromatic carbocycles. The molecule has 0 saturated carbocycles. The average Bonchev–Trinajstić information content (AvgIpc) is 2.80. The lowest BCUT2D eigenvalue weighted by molar-refractivity contribution is 0.0686. The van der Waals surface area contributed by atoms with Gasteiger partial charge in [0.15, 0.2) is 0 Å². The molecule has 0 aliphatic heterocycles. The molecular weight excluding hydrogens is 316 g/mol. The summed E-state index contributed by atoms with van der Waals surface area (Å²) in [6, 6.07) is 11.7. The van der Waals surface area contributed by atoms with Crippen LogP contribution in [0, 0.1) is 0 Å². The normalized spacial score (nSPS) is 10.8. The lowest BCUT2D eigenvalue weighted by atomic mass is 10.1. The molecule has 0 aliphatic carbocycles. The zero-order valence-corrected chi connectivity index (χ0v) is 13.6. The zero-order chi connectivity index (χ0) is 14.7. The molecule has 3 nitrogen and oxygen atoms in total. The van der Waals surface area contributed by atoms with Gasteiger partial charge in [-0.25, -0.2) is 0 Å². The number of hydrogen-bond acceptors (Lipinski definition) is 1. The molecule has 0 atom stereocenters. The van der Waals surface area contributed by atoms with Crippen LogP contribution in [0.3, 0.4) is 0 Å². The number of carbonyl (C=O) groups excluding carboxylic acids is 1. The standard InChI is InChI=1S/C16H19BrN2O/c1-12(2)19(11-15-8-5-9-18(15)3)16(20)13-6-4-7-14(17)10-13/h4-10,12H,11H2,1-3H3. The summed E-state index contributed by atoms with van der Waals surface area (Å²) in [5.41, 5.74) is 1.84. The maximum absolute atomic E-state index is 12.7. The van der Waals surface area contributed by atoms with Crippen molar-refractivity contribution in [1.82, 2.24) is 9.47 Å². The number of nitrogens with zero attached hydrogens (tertiary/aromatic N) is 2. The highest BCUT2D eigenvalue weighted by molar-refractivity contribution is 9.10. The molecule has 1 aromatic heterocycles. The largest absolute Gasteiger partial charge is 0.353 e. The van der Waals surface area contributed by atoms with Crippen molar-refractivity contribution in [3.05, 3.63) is 58.3 Å². The van der Waals surface area contributed by atoms with Crippen LogP contribution < -0.4 is 0 Å². The molecule has 1 amide bonds. The lowest BCUT2D eigenvalue weighted by Gasteiger charge is -2.27. The topological polar surface area (TPSA) is 25.2 Å². The Hall–Kier alpha value is -1.55. The van der Waals surface area contributed by atoms with E-state index in [-0.39, 0.29) is 11.9 Å². The third-order valence-corrected chi connectivity index (χ3v) is 3.83. The minimum Gasteiger partial charge on any atom is -0.353 e. The Morgan fingerprint density at radius 1 is 1.30 bits per heavy atom. The fourth-order valence-corrected chi connectivity index (χ4v) is 2.51. The van der Waals surface area contributed by atoms with E-state index in [1.54, 1.807) is 0 Å². The predicted molar refractivity (Wildman–Crippen MR) is 84.6 cm³/mol. The smallest absolute Gasteiger partial charge is 0.254 e. The average molecular weight is 335 g/mol. The summed E-state index contributed by atoms with van der Waals surface area (Å²) < 4.78 is 2.97. The van der Waals surface area contributed by atoms with E-state index in [0.29, 0.717) is 12.1 Å². The highest BCUT2D eigenvalue weighted by Crippen LogP contribution is 2.17. The van der Waals surface area contributed by atoms with Gasteiger partial charge in [0, 0.05) is 35.0 Å². The van der Waals surface area contributed by atoms with E-state index in [1.165, 1.54) is 0 Å². The Morgan fingerprint density at radius 3 is 2.60 bits per heavy atom. The van der Waals surface area contributed by atoms with Crippen molar-refractivity contribution in [2.45, 2.75) is 26.4 Å². The summed E-state index contributed by atoms with van der Waals surface area (Å²) >= 11 is 3.41. The molecule has 0 bridgehead atoms. The predicted octanol–water partition coefficient (Wildman–Crippen LogP) is 3.84. The Labute approximate surface area is 128 Å². The van der Waals surface area contributed by atoms with Crippen molar-refractivity contribution in [3.8, 4) is 0 Å². The SMILES string of the molecule is CC(C)N(Cc1cccn1C)C(=O)c1cccc(Br)c1. The maximum Gasteiger partial charge on any atom is 0.254 e. The molecule has 0 saturated heterocycles. The van der Waals surface area contributed by atoms with Gasteiger partial charge >= 0.3 is 0 Å². The second kappa shape index (κ2) is 6.27. The van der Waals surface area contributed by atoms with Gasteiger partial charge < -0.3 is 9.47 Å². The fourth-order valence-electron chi connectivity index (χ4n) is 2.11. The number of benzene rings is 1. The van der Waals surface area contributed by atoms with E-state index < -0.39 is 0 Å². The van der Waals surface area contributed by atoms with E-state index in [0.717, 1.165) is 10.2 Å². The van der Waals surface area contributed by atoms with Crippen molar-refractivity contribution in [2.24, 2.45) is 7.05 Å². The summed E-state index contributed by atoms with van der Waals surface area (Å²) in [7, 11) is 2.00. The maximum atomic E-state index is 12.7. The zero-order valence-electron chi connectivity index (χ0n) is 12.0. The summed E-state index contributed by atoms with van der Waals surface area (Å²) in [4.78, 5) is 14.6. The number of rotatable bonds is 4. The minimum absolute atomic E-state index is 0.0579. The molecule has 1 heterocycles. The molecule has 0 radical (unpaired) electrons. The molecule has 106 valence electrons. The Balaban J connectivity index is 2.25. The van der Waals surface area contributed by atoms with Crippen molar-refractivity contribution in [1.29, 1.82) is 0 Å². The van der Waals surface area contributed by atoms with Gasteiger partial charge in [-0.3, -0.25) is 4.79 Å². The van der Waals surface area contributed by atoms with E-state index in [4.69, 9.17) is 0 Å². The first-order chi connectivity index (χ1) is 9.49. The number of amides is 1. The monoisotopic (exact) mass is 334 g/mol. The van der Waals surface area contributed by atoms with Crippen molar-refractivity contribution >= 4 is 21.8 Å². The van der Waals surface area contributed by atoms with Crippen LogP contribution in [0.1, 0.15) is 29.9 Å². The Bertz CT molecular complexity index is 604. The highest BCUT2D eigenvalue weighted by Gasteiger charge is 2.20. The van der Waals surface area contributed by atoms with Gasteiger partial charge in [0.1, 0.15) is 0 Å². The quantitative estimate of drug-likeness (QED) is 0.833. The molecular formula is C16H19BrN2O. The number of aromatic nitrogens is 1.